The summed E-state index contributed by atoms with van der Waals surface area (Å²) in [4.78, 5) is 12.4. The molecular weight excluding hydrogens is 272 g/mol. The molecule has 3 rings (SSSR count). The summed E-state index contributed by atoms with van der Waals surface area (Å²) >= 11 is 6.18. The van der Waals surface area contributed by atoms with Crippen LogP contribution in [-0.4, -0.2) is 15.6 Å². The molecule has 2 unspecified atom stereocenters. The van der Waals surface area contributed by atoms with Gasteiger partial charge in [0.15, 0.2) is 0 Å². The van der Waals surface area contributed by atoms with Crippen molar-refractivity contribution >= 4 is 17.4 Å². The molecule has 0 aliphatic heterocycles. The van der Waals surface area contributed by atoms with Gasteiger partial charge in [0.1, 0.15) is 10.9 Å². The molecule has 104 valence electrons. The van der Waals surface area contributed by atoms with Gasteiger partial charge in [-0.05, 0) is 24.8 Å². The number of benzene rings is 1. The number of rotatable bonds is 4. The molecule has 1 heterocycles. The van der Waals surface area contributed by atoms with Crippen molar-refractivity contribution in [1.29, 1.82) is 0 Å². The minimum Gasteiger partial charge on any atom is -0.299 e. The summed E-state index contributed by atoms with van der Waals surface area (Å²) in [6.45, 7) is 1.90. The van der Waals surface area contributed by atoms with Gasteiger partial charge in [0.25, 0.3) is 0 Å². The third-order valence-corrected chi connectivity index (χ3v) is 4.53. The van der Waals surface area contributed by atoms with Crippen molar-refractivity contribution in [3.8, 4) is 0 Å². The molecule has 1 aromatic heterocycles. The molecule has 1 aliphatic carbocycles. The number of carbonyl (C=O) groups is 1. The van der Waals surface area contributed by atoms with Gasteiger partial charge in [-0.15, -0.1) is 0 Å². The van der Waals surface area contributed by atoms with E-state index in [-0.39, 0.29) is 11.7 Å². The van der Waals surface area contributed by atoms with Crippen LogP contribution in [0.3, 0.4) is 0 Å². The van der Waals surface area contributed by atoms with E-state index in [2.05, 4.69) is 17.2 Å². The van der Waals surface area contributed by atoms with Crippen LogP contribution in [0.25, 0.3) is 0 Å². The fourth-order valence-corrected chi connectivity index (χ4v) is 3.04. The van der Waals surface area contributed by atoms with Crippen LogP contribution >= 0.6 is 11.6 Å². The number of ketones is 1. The molecule has 0 amide bonds. The van der Waals surface area contributed by atoms with Gasteiger partial charge >= 0.3 is 0 Å². The summed E-state index contributed by atoms with van der Waals surface area (Å²) in [5, 5.41) is 4.83. The Kier molecular flexibility index (Phi) is 3.38. The van der Waals surface area contributed by atoms with Crippen molar-refractivity contribution < 1.29 is 4.79 Å². The smallest absolute Gasteiger partial charge is 0.141 e. The van der Waals surface area contributed by atoms with Crippen molar-refractivity contribution in [3.05, 3.63) is 52.3 Å². The summed E-state index contributed by atoms with van der Waals surface area (Å²) in [6.07, 6.45) is 1.35. The highest BCUT2D eigenvalue weighted by Gasteiger charge is 2.43. The van der Waals surface area contributed by atoms with E-state index in [1.165, 1.54) is 5.56 Å². The molecule has 2 aromatic rings. The van der Waals surface area contributed by atoms with Crippen molar-refractivity contribution in [3.63, 3.8) is 0 Å². The summed E-state index contributed by atoms with van der Waals surface area (Å²) in [5.41, 5.74) is 2.99. The first-order valence-corrected chi connectivity index (χ1v) is 7.21. The van der Waals surface area contributed by atoms with Gasteiger partial charge in [-0.1, -0.05) is 41.9 Å². The molecule has 0 bridgehead atoms. The van der Waals surface area contributed by atoms with Gasteiger partial charge in [0.05, 0.1) is 5.69 Å². The maximum atomic E-state index is 12.4. The predicted molar refractivity (Wildman–Crippen MR) is 79.0 cm³/mol. The summed E-state index contributed by atoms with van der Waals surface area (Å²) in [6, 6.07) is 10.2. The van der Waals surface area contributed by atoms with Crippen LogP contribution in [0.2, 0.25) is 5.15 Å². The van der Waals surface area contributed by atoms with Gasteiger partial charge in [0.2, 0.25) is 0 Å². The first kappa shape index (κ1) is 13.4. The van der Waals surface area contributed by atoms with E-state index in [0.717, 1.165) is 17.7 Å². The molecule has 1 aromatic carbocycles. The van der Waals surface area contributed by atoms with Gasteiger partial charge in [-0.25, -0.2) is 0 Å². The number of Topliss-reactive ketones (excluding diaryl/α,β-unsaturated/α-hetero) is 1. The molecule has 20 heavy (non-hydrogen) atoms. The van der Waals surface area contributed by atoms with Crippen LogP contribution in [0.15, 0.2) is 30.3 Å². The number of hydrogen-bond donors (Lipinski definition) is 0. The second-order valence-corrected chi connectivity index (χ2v) is 5.84. The molecule has 2 atom stereocenters. The summed E-state index contributed by atoms with van der Waals surface area (Å²) in [7, 11) is 1.80. The van der Waals surface area contributed by atoms with Crippen LogP contribution in [0.1, 0.15) is 29.2 Å². The van der Waals surface area contributed by atoms with Crippen LogP contribution in [0.5, 0.6) is 0 Å². The average molecular weight is 289 g/mol. The third-order valence-electron chi connectivity index (χ3n) is 4.05. The minimum absolute atomic E-state index is 0.146. The fourth-order valence-electron chi connectivity index (χ4n) is 2.80. The number of aryl methyl sites for hydroxylation is 2. The van der Waals surface area contributed by atoms with Crippen LogP contribution in [-0.2, 0) is 18.3 Å². The second-order valence-electron chi connectivity index (χ2n) is 5.48. The van der Waals surface area contributed by atoms with Gasteiger partial charge in [-0.3, -0.25) is 9.48 Å². The Labute approximate surface area is 123 Å². The lowest BCUT2D eigenvalue weighted by atomic mass is 10.0. The normalized spacial score (nSPS) is 20.9. The molecule has 1 fully saturated rings. The Morgan fingerprint density at radius 3 is 2.70 bits per heavy atom. The van der Waals surface area contributed by atoms with E-state index in [1.807, 2.05) is 25.1 Å². The molecule has 4 heteroatoms. The minimum atomic E-state index is 0.146. The lowest BCUT2D eigenvalue weighted by molar-refractivity contribution is -0.119. The maximum Gasteiger partial charge on any atom is 0.141 e. The average Bonchev–Trinajstić information content (AvgIpc) is 3.20. The first-order chi connectivity index (χ1) is 9.58. The summed E-state index contributed by atoms with van der Waals surface area (Å²) < 4.78 is 1.63. The zero-order chi connectivity index (χ0) is 14.3. The van der Waals surface area contributed by atoms with Crippen LogP contribution in [0.4, 0.5) is 0 Å². The molecule has 0 spiro atoms. The van der Waals surface area contributed by atoms with Gasteiger partial charge < -0.3 is 0 Å². The topological polar surface area (TPSA) is 34.9 Å². The first-order valence-electron chi connectivity index (χ1n) is 6.83. The van der Waals surface area contributed by atoms with E-state index >= 15 is 0 Å². The Bertz CT molecular complexity index is 648. The number of hydrogen-bond acceptors (Lipinski definition) is 2. The van der Waals surface area contributed by atoms with E-state index in [1.54, 1.807) is 11.7 Å². The Morgan fingerprint density at radius 2 is 2.10 bits per heavy atom. The van der Waals surface area contributed by atoms with Gasteiger partial charge in [0, 0.05) is 24.9 Å². The fraction of sp³-hybridized carbons (Fsp3) is 0.375. The molecule has 1 saturated carbocycles. The van der Waals surface area contributed by atoms with Crippen molar-refractivity contribution in [2.75, 3.05) is 0 Å². The molecule has 0 N–H and O–H groups in total. The van der Waals surface area contributed by atoms with Crippen molar-refractivity contribution in [2.45, 2.75) is 25.7 Å². The molecule has 3 nitrogen and oxygen atoms in total. The second kappa shape index (κ2) is 5.06. The van der Waals surface area contributed by atoms with E-state index in [4.69, 9.17) is 11.6 Å². The molecular formula is C16H17ClN2O. The molecule has 0 saturated heterocycles. The number of halogens is 1. The largest absolute Gasteiger partial charge is 0.299 e. The Morgan fingerprint density at radius 1 is 1.40 bits per heavy atom. The SMILES string of the molecule is Cc1nn(C)c(Cl)c1CC(=O)C1CC1c1ccccc1. The highest BCUT2D eigenvalue weighted by atomic mass is 35.5. The third kappa shape index (κ3) is 2.38. The monoisotopic (exact) mass is 288 g/mol. The molecule has 0 radical (unpaired) electrons. The standard InChI is InChI=1S/C16H17ClN2O/c1-10-12(16(17)19(2)18-10)9-15(20)14-8-13(14)11-6-4-3-5-7-11/h3-7,13-14H,8-9H2,1-2H3. The maximum absolute atomic E-state index is 12.4. The number of carbonyl (C=O) groups excluding carboxylic acids is 1. The summed E-state index contributed by atoms with van der Waals surface area (Å²) in [5.74, 6) is 0.810. The number of aromatic nitrogens is 2. The lowest BCUT2D eigenvalue weighted by Crippen LogP contribution is -2.07. The van der Waals surface area contributed by atoms with Crippen molar-refractivity contribution in [2.24, 2.45) is 13.0 Å². The predicted octanol–water partition coefficient (Wildman–Crippen LogP) is 3.30. The Hall–Kier alpha value is -1.61. The van der Waals surface area contributed by atoms with E-state index in [0.29, 0.717) is 17.5 Å². The zero-order valence-electron chi connectivity index (χ0n) is 11.6. The quantitative estimate of drug-likeness (QED) is 0.865. The lowest BCUT2D eigenvalue weighted by Gasteiger charge is -2.01. The Balaban J connectivity index is 1.70. The molecule has 1 aliphatic rings. The van der Waals surface area contributed by atoms with Gasteiger partial charge in [-0.2, -0.15) is 5.10 Å². The van der Waals surface area contributed by atoms with Crippen LogP contribution in [0, 0.1) is 12.8 Å². The highest BCUT2D eigenvalue weighted by molar-refractivity contribution is 6.30. The van der Waals surface area contributed by atoms with E-state index < -0.39 is 0 Å². The number of nitrogens with zero attached hydrogens (tertiary/aromatic N) is 2. The zero-order valence-corrected chi connectivity index (χ0v) is 12.4. The highest BCUT2D eigenvalue weighted by Crippen LogP contribution is 2.48. The van der Waals surface area contributed by atoms with Crippen molar-refractivity contribution in [1.82, 2.24) is 9.78 Å². The van der Waals surface area contributed by atoms with Crippen LogP contribution < -0.4 is 0 Å². The van der Waals surface area contributed by atoms with E-state index in [9.17, 15) is 4.79 Å².